The van der Waals surface area contributed by atoms with Crippen molar-refractivity contribution in [3.05, 3.63) is 10.6 Å². The number of hydrogen-bond acceptors (Lipinski definition) is 9. The van der Waals surface area contributed by atoms with Crippen LogP contribution in [0.2, 0.25) is 0 Å². The molecule has 0 aliphatic carbocycles. The van der Waals surface area contributed by atoms with Crippen molar-refractivity contribution >= 4 is 35.3 Å². The average molecular weight is 537 g/mol. The van der Waals surface area contributed by atoms with Crippen LogP contribution in [0, 0.1) is 17.8 Å². The largest absolute Gasteiger partial charge is 0.477 e. The minimum absolute atomic E-state index is 0.0427. The van der Waals surface area contributed by atoms with Gasteiger partial charge in [-0.05, 0) is 19.4 Å². The smallest absolute Gasteiger partial charge is 0.353 e. The second-order valence-corrected chi connectivity index (χ2v) is 12.0. The van der Waals surface area contributed by atoms with E-state index in [0.717, 1.165) is 19.6 Å². The summed E-state index contributed by atoms with van der Waals surface area (Å²) in [5, 5.41) is 16.2. The quantitative estimate of drug-likeness (QED) is 0.246. The molecule has 0 aromatic carbocycles. The van der Waals surface area contributed by atoms with E-state index in [2.05, 4.69) is 15.5 Å². The van der Waals surface area contributed by atoms with Crippen LogP contribution in [-0.2, 0) is 19.2 Å². The number of piperazine rings is 1. The highest BCUT2D eigenvalue weighted by Gasteiger charge is 2.60. The Kier molecular flexibility index (Phi) is 8.95. The molecule has 3 fully saturated rings. The molecular weight excluding hydrogens is 496 g/mol. The Morgan fingerprint density at radius 2 is 1.95 bits per heavy atom. The van der Waals surface area contributed by atoms with Gasteiger partial charge in [0.05, 0.1) is 24.5 Å². The molecule has 0 bridgehead atoms. The van der Waals surface area contributed by atoms with E-state index in [1.165, 1.54) is 16.7 Å². The molecule has 4 aliphatic heterocycles. The van der Waals surface area contributed by atoms with E-state index >= 15 is 0 Å². The first kappa shape index (κ1) is 28.0. The fourth-order valence-corrected chi connectivity index (χ4v) is 7.76. The summed E-state index contributed by atoms with van der Waals surface area (Å²) < 4.78 is 0. The summed E-state index contributed by atoms with van der Waals surface area (Å²) in [4.78, 5) is 56.9. The molecular formula is C25H40N6O5S. The van der Waals surface area contributed by atoms with Gasteiger partial charge >= 0.3 is 5.97 Å². The molecule has 11 nitrogen and oxygen atoms in total. The van der Waals surface area contributed by atoms with Gasteiger partial charge in [0, 0.05) is 68.3 Å². The molecule has 0 unspecified atom stereocenters. The molecule has 4 heterocycles. The summed E-state index contributed by atoms with van der Waals surface area (Å²) in [6.45, 7) is 9.22. The molecule has 12 heteroatoms. The van der Waals surface area contributed by atoms with Crippen LogP contribution in [0.1, 0.15) is 26.7 Å². The lowest BCUT2D eigenvalue weighted by molar-refractivity contribution is -0.160. The topological polar surface area (TPSA) is 148 Å². The third kappa shape index (κ3) is 5.58. The molecule has 37 heavy (non-hydrogen) atoms. The molecule has 206 valence electrons. The molecule has 0 radical (unpaired) electrons. The number of carboxylic acid groups (broad SMARTS) is 1. The number of thioether (sulfide) groups is 1. The van der Waals surface area contributed by atoms with Crippen LogP contribution in [0.4, 0.5) is 0 Å². The summed E-state index contributed by atoms with van der Waals surface area (Å²) in [7, 11) is 1.71. The number of nitrogens with one attached hydrogen (secondary N) is 2. The number of nitrogens with zero attached hydrogens (tertiary/aromatic N) is 3. The number of likely N-dealkylation sites (N-methyl/N-ethyl adjacent to an activating group) is 1. The number of carbonyl (C=O) groups excluding carboxylic acids is 3. The van der Waals surface area contributed by atoms with Gasteiger partial charge in [-0.25, -0.2) is 4.79 Å². The van der Waals surface area contributed by atoms with Crippen LogP contribution in [0.3, 0.4) is 0 Å². The van der Waals surface area contributed by atoms with Crippen LogP contribution >= 0.6 is 11.8 Å². The Balaban J connectivity index is 1.38. The number of fused-ring (bicyclic) bond motifs is 1. The zero-order valence-corrected chi connectivity index (χ0v) is 22.8. The van der Waals surface area contributed by atoms with Gasteiger partial charge in [0.15, 0.2) is 0 Å². The minimum Gasteiger partial charge on any atom is -0.477 e. The molecule has 5 N–H and O–H groups in total. The first-order chi connectivity index (χ1) is 17.7. The first-order valence-electron chi connectivity index (χ1n) is 13.3. The first-order valence-corrected chi connectivity index (χ1v) is 14.1. The van der Waals surface area contributed by atoms with Crippen LogP contribution in [0.25, 0.3) is 0 Å². The van der Waals surface area contributed by atoms with Gasteiger partial charge < -0.3 is 31.3 Å². The summed E-state index contributed by atoms with van der Waals surface area (Å²) in [5.41, 5.74) is 5.71. The lowest BCUT2D eigenvalue weighted by Gasteiger charge is -2.47. The van der Waals surface area contributed by atoms with Gasteiger partial charge in [-0.1, -0.05) is 13.8 Å². The maximum absolute atomic E-state index is 13.1. The predicted molar refractivity (Wildman–Crippen MR) is 141 cm³/mol. The van der Waals surface area contributed by atoms with Crippen LogP contribution in [0.15, 0.2) is 10.6 Å². The zero-order chi connectivity index (χ0) is 26.9. The van der Waals surface area contributed by atoms with Crippen molar-refractivity contribution in [2.45, 2.75) is 44.0 Å². The number of β-lactam (4-membered cyclic amide) rings is 1. The van der Waals surface area contributed by atoms with Crippen molar-refractivity contribution < 1.29 is 24.3 Å². The van der Waals surface area contributed by atoms with E-state index < -0.39 is 5.97 Å². The van der Waals surface area contributed by atoms with Crippen LogP contribution in [-0.4, -0.2) is 120 Å². The average Bonchev–Trinajstić information content (AvgIpc) is 3.41. The van der Waals surface area contributed by atoms with Gasteiger partial charge in [-0.2, -0.15) is 0 Å². The molecule has 3 saturated heterocycles. The Morgan fingerprint density at radius 3 is 2.57 bits per heavy atom. The maximum Gasteiger partial charge on any atom is 0.353 e. The number of nitrogens with two attached hydrogens (primary N) is 1. The maximum atomic E-state index is 13.1. The zero-order valence-electron chi connectivity index (χ0n) is 21.9. The minimum atomic E-state index is -1.10. The van der Waals surface area contributed by atoms with Crippen molar-refractivity contribution in [2.24, 2.45) is 23.5 Å². The number of hydrogen-bond donors (Lipinski definition) is 4. The van der Waals surface area contributed by atoms with E-state index in [9.17, 15) is 24.3 Å². The fourth-order valence-electron chi connectivity index (χ4n) is 6.28. The predicted octanol–water partition coefficient (Wildman–Crippen LogP) is -0.859. The number of aliphatic carboxylic acids is 1. The van der Waals surface area contributed by atoms with Gasteiger partial charge in [0.2, 0.25) is 11.8 Å². The van der Waals surface area contributed by atoms with Gasteiger partial charge in [-0.15, -0.1) is 11.8 Å². The van der Waals surface area contributed by atoms with Crippen molar-refractivity contribution in [3.63, 3.8) is 0 Å². The second kappa shape index (κ2) is 11.8. The summed E-state index contributed by atoms with van der Waals surface area (Å²) in [6.07, 6.45) is 0.905. The van der Waals surface area contributed by atoms with E-state index in [0.29, 0.717) is 37.5 Å². The lowest BCUT2D eigenvalue weighted by Crippen LogP contribution is -2.62. The van der Waals surface area contributed by atoms with Crippen LogP contribution < -0.4 is 16.4 Å². The second-order valence-electron chi connectivity index (χ2n) is 10.7. The molecule has 0 saturated carbocycles. The third-order valence-electron chi connectivity index (χ3n) is 8.14. The highest BCUT2D eigenvalue weighted by Crippen LogP contribution is 2.53. The molecule has 0 aromatic heterocycles. The monoisotopic (exact) mass is 536 g/mol. The van der Waals surface area contributed by atoms with Crippen molar-refractivity contribution in [1.82, 2.24) is 25.3 Å². The molecule has 0 spiro atoms. The van der Waals surface area contributed by atoms with E-state index in [4.69, 9.17) is 5.73 Å². The number of carbonyl (C=O) groups is 4. The SMILES string of the molecule is CNCC(=O)C[C@H](C)[C@H]1C(=O)N2C(C(=O)O)=C(S[C@@H]3CN[C@H](C(=O)N4CCN(CCN)CC4)C3)[C@H](C)[C@@H]12. The Bertz CT molecular complexity index is 952. The van der Waals surface area contributed by atoms with E-state index in [1.54, 1.807) is 7.05 Å². The summed E-state index contributed by atoms with van der Waals surface area (Å²) in [6, 6.07) is -0.524. The van der Waals surface area contributed by atoms with Crippen LogP contribution in [0.5, 0.6) is 0 Å². The summed E-state index contributed by atoms with van der Waals surface area (Å²) >= 11 is 1.49. The highest BCUT2D eigenvalue weighted by molar-refractivity contribution is 8.03. The molecule has 0 aromatic rings. The standard InChI is InChI=1S/C25H40N6O5S/c1-14(10-16(32)12-27-3)19-20-15(2)22(21(25(35)36)31(20)24(19)34)37-17-11-18(28-13-17)23(33)30-8-6-29(5-4-26)7-9-30/h14-15,17-20,27-28H,4-13,26H2,1-3H3,(H,35,36)/t14-,15+,17-,18-,19+,20-/m0/s1. The normalized spacial score (nSPS) is 30.9. The van der Waals surface area contributed by atoms with E-state index in [-0.39, 0.29) is 71.3 Å². The Morgan fingerprint density at radius 1 is 1.24 bits per heavy atom. The number of Topliss-reactive ketones (excluding diaryl/α,β-unsaturated/α-hetero) is 1. The number of ketones is 1. The van der Waals surface area contributed by atoms with Crippen molar-refractivity contribution in [1.29, 1.82) is 0 Å². The fraction of sp³-hybridized carbons (Fsp3) is 0.760. The lowest BCUT2D eigenvalue weighted by atomic mass is 9.73. The van der Waals surface area contributed by atoms with Crippen molar-refractivity contribution in [3.8, 4) is 0 Å². The number of rotatable bonds is 11. The third-order valence-corrected chi connectivity index (χ3v) is 9.65. The number of carboxylic acids is 1. The van der Waals surface area contributed by atoms with Crippen molar-refractivity contribution in [2.75, 3.05) is 59.4 Å². The molecule has 4 rings (SSSR count). The van der Waals surface area contributed by atoms with E-state index in [1.807, 2.05) is 18.7 Å². The Hall–Kier alpha value is -1.99. The molecule has 6 atom stereocenters. The van der Waals surface area contributed by atoms with Gasteiger partial charge in [-0.3, -0.25) is 19.3 Å². The molecule has 2 amide bonds. The Labute approximate surface area is 222 Å². The number of amides is 2. The van der Waals surface area contributed by atoms with Gasteiger partial charge in [0.1, 0.15) is 11.5 Å². The highest BCUT2D eigenvalue weighted by atomic mass is 32.2. The molecule has 4 aliphatic rings. The summed E-state index contributed by atoms with van der Waals surface area (Å²) in [5.74, 6) is -1.82. The van der Waals surface area contributed by atoms with Gasteiger partial charge in [0.25, 0.3) is 0 Å².